The normalized spacial score (nSPS) is 11.2. The number of aryl methyl sites for hydroxylation is 2. The molecule has 2 rings (SSSR count). The van der Waals surface area contributed by atoms with Gasteiger partial charge in [0.25, 0.3) is 10.0 Å². The Morgan fingerprint density at radius 1 is 1.12 bits per heavy atom. The van der Waals surface area contributed by atoms with Gasteiger partial charge in [0.2, 0.25) is 0 Å². The highest BCUT2D eigenvalue weighted by atomic mass is 32.2. The zero-order chi connectivity index (χ0) is 19.3. The largest absolute Gasteiger partial charge is 0.465 e. The molecule has 0 unspecified atom stereocenters. The number of carbonyl (C=O) groups excluding carboxylic acids is 1. The minimum absolute atomic E-state index is 0.138. The van der Waals surface area contributed by atoms with Crippen LogP contribution in [0.15, 0.2) is 52.3 Å². The summed E-state index contributed by atoms with van der Waals surface area (Å²) in [6.07, 6.45) is 1.92. The molecule has 0 spiro atoms. The molecule has 0 aliphatic heterocycles. The van der Waals surface area contributed by atoms with Crippen molar-refractivity contribution in [3.63, 3.8) is 0 Å². The average Bonchev–Trinajstić information content (AvgIpc) is 2.60. The third kappa shape index (κ3) is 4.59. The number of thioether (sulfide) groups is 1. The molecule has 0 atom stereocenters. The maximum absolute atomic E-state index is 13.2. The Morgan fingerprint density at radius 3 is 2.31 bits per heavy atom. The number of carbonyl (C=O) groups is 1. The van der Waals surface area contributed by atoms with Crippen molar-refractivity contribution >= 4 is 33.4 Å². The van der Waals surface area contributed by atoms with Gasteiger partial charge < -0.3 is 4.74 Å². The van der Waals surface area contributed by atoms with Crippen LogP contribution in [0.4, 0.5) is 5.69 Å². The molecule has 2 aromatic carbocycles. The first-order valence-corrected chi connectivity index (χ1v) is 10.9. The second kappa shape index (κ2) is 8.60. The number of anilines is 1. The van der Waals surface area contributed by atoms with E-state index in [1.54, 1.807) is 37.3 Å². The van der Waals surface area contributed by atoms with Crippen molar-refractivity contribution in [3.05, 3.63) is 53.6 Å². The number of hydrogen-bond acceptors (Lipinski definition) is 5. The number of benzene rings is 2. The molecule has 0 heterocycles. The van der Waals surface area contributed by atoms with Crippen LogP contribution in [0.3, 0.4) is 0 Å². The van der Waals surface area contributed by atoms with Crippen molar-refractivity contribution in [2.24, 2.45) is 0 Å². The maximum Gasteiger partial charge on any atom is 0.326 e. The monoisotopic (exact) mass is 393 g/mol. The van der Waals surface area contributed by atoms with E-state index in [0.29, 0.717) is 5.69 Å². The van der Waals surface area contributed by atoms with Gasteiger partial charge in [0.1, 0.15) is 6.54 Å². The van der Waals surface area contributed by atoms with E-state index in [9.17, 15) is 13.2 Å². The van der Waals surface area contributed by atoms with E-state index in [4.69, 9.17) is 4.74 Å². The van der Waals surface area contributed by atoms with Gasteiger partial charge >= 0.3 is 5.97 Å². The molecule has 140 valence electrons. The van der Waals surface area contributed by atoms with E-state index in [1.807, 2.05) is 32.2 Å². The lowest BCUT2D eigenvalue weighted by atomic mass is 10.1. The predicted molar refractivity (Wildman–Crippen MR) is 105 cm³/mol. The molecule has 0 aromatic heterocycles. The third-order valence-electron chi connectivity index (χ3n) is 3.85. The van der Waals surface area contributed by atoms with Gasteiger partial charge in [-0.15, -0.1) is 11.8 Å². The molecule has 0 radical (unpaired) electrons. The Hall–Kier alpha value is -1.99. The van der Waals surface area contributed by atoms with Crippen LogP contribution in [0.5, 0.6) is 0 Å². The molecule has 7 heteroatoms. The zero-order valence-electron chi connectivity index (χ0n) is 15.4. The van der Waals surface area contributed by atoms with Gasteiger partial charge in [-0.1, -0.05) is 17.7 Å². The van der Waals surface area contributed by atoms with Crippen LogP contribution in [0.1, 0.15) is 18.1 Å². The topological polar surface area (TPSA) is 63.7 Å². The highest BCUT2D eigenvalue weighted by molar-refractivity contribution is 7.98. The molecule has 2 aromatic rings. The molecule has 0 N–H and O–H groups in total. The van der Waals surface area contributed by atoms with Gasteiger partial charge in [0, 0.05) is 4.90 Å². The summed E-state index contributed by atoms with van der Waals surface area (Å²) in [6.45, 7) is 5.27. The summed E-state index contributed by atoms with van der Waals surface area (Å²) >= 11 is 1.53. The third-order valence-corrected chi connectivity index (χ3v) is 6.36. The van der Waals surface area contributed by atoms with E-state index in [-0.39, 0.29) is 18.0 Å². The van der Waals surface area contributed by atoms with E-state index >= 15 is 0 Å². The summed E-state index contributed by atoms with van der Waals surface area (Å²) in [4.78, 5) is 13.2. The van der Waals surface area contributed by atoms with Crippen LogP contribution in [-0.4, -0.2) is 33.8 Å². The highest BCUT2D eigenvalue weighted by Gasteiger charge is 2.28. The van der Waals surface area contributed by atoms with E-state index < -0.39 is 16.0 Å². The molecule has 0 fully saturated rings. The fourth-order valence-corrected chi connectivity index (χ4v) is 4.47. The summed E-state index contributed by atoms with van der Waals surface area (Å²) in [5, 5.41) is 0. The number of nitrogens with zero attached hydrogens (tertiary/aromatic N) is 1. The Bertz CT molecular complexity index is 877. The molecule has 5 nitrogen and oxygen atoms in total. The van der Waals surface area contributed by atoms with Crippen LogP contribution in [0.2, 0.25) is 0 Å². The second-order valence-corrected chi connectivity index (χ2v) is 8.52. The molecular weight excluding hydrogens is 370 g/mol. The van der Waals surface area contributed by atoms with Gasteiger partial charge in [-0.3, -0.25) is 9.10 Å². The quantitative estimate of drug-likeness (QED) is 0.529. The van der Waals surface area contributed by atoms with Crippen LogP contribution in [0, 0.1) is 13.8 Å². The van der Waals surface area contributed by atoms with Crippen LogP contribution in [0.25, 0.3) is 0 Å². The molecule has 0 saturated carbocycles. The van der Waals surface area contributed by atoms with Crippen molar-refractivity contribution in [1.29, 1.82) is 0 Å². The fraction of sp³-hybridized carbons (Fsp3) is 0.316. The highest BCUT2D eigenvalue weighted by Crippen LogP contribution is 2.28. The van der Waals surface area contributed by atoms with Crippen molar-refractivity contribution in [2.45, 2.75) is 30.6 Å². The van der Waals surface area contributed by atoms with Gasteiger partial charge in [0.05, 0.1) is 17.2 Å². The summed E-state index contributed by atoms with van der Waals surface area (Å²) < 4.78 is 32.5. The SMILES string of the molecule is CCOC(=O)CN(c1ccc(C)cc1C)S(=O)(=O)c1ccc(SC)cc1. The fourth-order valence-electron chi connectivity index (χ4n) is 2.58. The number of sulfonamides is 1. The van der Waals surface area contributed by atoms with E-state index in [0.717, 1.165) is 20.3 Å². The number of rotatable bonds is 7. The Labute approximate surface area is 159 Å². The molecule has 0 bridgehead atoms. The van der Waals surface area contributed by atoms with Crippen molar-refractivity contribution in [1.82, 2.24) is 0 Å². The minimum Gasteiger partial charge on any atom is -0.465 e. The average molecular weight is 394 g/mol. The summed E-state index contributed by atoms with van der Waals surface area (Å²) in [5.41, 5.74) is 2.26. The van der Waals surface area contributed by atoms with Crippen LogP contribution in [-0.2, 0) is 19.6 Å². The van der Waals surface area contributed by atoms with Crippen molar-refractivity contribution in [3.8, 4) is 0 Å². The van der Waals surface area contributed by atoms with Gasteiger partial charge in [-0.25, -0.2) is 8.42 Å². The van der Waals surface area contributed by atoms with E-state index in [2.05, 4.69) is 0 Å². The Balaban J connectivity index is 2.51. The van der Waals surface area contributed by atoms with Crippen LogP contribution < -0.4 is 4.31 Å². The van der Waals surface area contributed by atoms with Gasteiger partial charge in [-0.2, -0.15) is 0 Å². The van der Waals surface area contributed by atoms with Crippen molar-refractivity contribution < 1.29 is 17.9 Å². The summed E-state index contributed by atoms with van der Waals surface area (Å²) in [6, 6.07) is 12.1. The Morgan fingerprint density at radius 2 is 1.77 bits per heavy atom. The zero-order valence-corrected chi connectivity index (χ0v) is 17.0. The predicted octanol–water partition coefficient (Wildman–Crippen LogP) is 3.78. The molecule has 0 saturated heterocycles. The first-order chi connectivity index (χ1) is 12.3. The standard InChI is InChI=1S/C19H23NO4S2/c1-5-24-19(21)13-20(18-11-6-14(2)12-15(18)3)26(22,23)17-9-7-16(25-4)8-10-17/h6-12H,5,13H2,1-4H3. The minimum atomic E-state index is -3.90. The molecule has 0 aliphatic rings. The second-order valence-electron chi connectivity index (χ2n) is 5.78. The van der Waals surface area contributed by atoms with Crippen molar-refractivity contribution in [2.75, 3.05) is 23.7 Å². The first kappa shape index (κ1) is 20.3. The lowest BCUT2D eigenvalue weighted by Crippen LogP contribution is -2.37. The molecule has 0 amide bonds. The van der Waals surface area contributed by atoms with Gasteiger partial charge in [-0.05, 0) is 62.9 Å². The summed E-state index contributed by atoms with van der Waals surface area (Å²) in [7, 11) is -3.90. The lowest BCUT2D eigenvalue weighted by molar-refractivity contribution is -0.141. The summed E-state index contributed by atoms with van der Waals surface area (Å²) in [5.74, 6) is -0.586. The molecule has 0 aliphatic carbocycles. The number of ether oxygens (including phenoxy) is 1. The number of esters is 1. The number of hydrogen-bond donors (Lipinski definition) is 0. The van der Waals surface area contributed by atoms with E-state index in [1.165, 1.54) is 11.8 Å². The molecule has 26 heavy (non-hydrogen) atoms. The Kier molecular flexibility index (Phi) is 6.72. The van der Waals surface area contributed by atoms with Crippen LogP contribution >= 0.6 is 11.8 Å². The first-order valence-electron chi connectivity index (χ1n) is 8.19. The van der Waals surface area contributed by atoms with Gasteiger partial charge in [0.15, 0.2) is 0 Å². The smallest absolute Gasteiger partial charge is 0.326 e. The lowest BCUT2D eigenvalue weighted by Gasteiger charge is -2.25. The molecular formula is C19H23NO4S2. The maximum atomic E-state index is 13.2.